The normalized spacial score (nSPS) is 20.9. The molecule has 0 bridgehead atoms. The molecule has 4 nitrogen and oxygen atoms in total. The number of hydrogen-bond acceptors (Lipinski definition) is 4. The lowest BCUT2D eigenvalue weighted by Crippen LogP contribution is -2.40. The molecule has 1 aliphatic heterocycles. The SMILES string of the molecule is CCC1CN(C)CCCN1c1nc(NC)c(F)cc1F. The van der Waals surface area contributed by atoms with Crippen molar-refractivity contribution in [3.63, 3.8) is 0 Å². The van der Waals surface area contributed by atoms with E-state index in [4.69, 9.17) is 0 Å². The van der Waals surface area contributed by atoms with Gasteiger partial charge in [-0.1, -0.05) is 6.92 Å². The van der Waals surface area contributed by atoms with Crippen LogP contribution in [0, 0.1) is 11.6 Å². The summed E-state index contributed by atoms with van der Waals surface area (Å²) >= 11 is 0. The number of halogens is 2. The summed E-state index contributed by atoms with van der Waals surface area (Å²) in [5.41, 5.74) is 0. The molecule has 0 aliphatic carbocycles. The van der Waals surface area contributed by atoms with Crippen LogP contribution in [-0.2, 0) is 0 Å². The molecule has 6 heteroatoms. The maximum atomic E-state index is 14.1. The minimum absolute atomic E-state index is 0.0915. The van der Waals surface area contributed by atoms with Crippen LogP contribution < -0.4 is 10.2 Å². The number of anilines is 2. The Balaban J connectivity index is 2.37. The molecule has 2 rings (SSSR count). The summed E-state index contributed by atoms with van der Waals surface area (Å²) in [4.78, 5) is 8.34. The first-order valence-electron chi connectivity index (χ1n) is 7.05. The van der Waals surface area contributed by atoms with Crippen LogP contribution in [0.4, 0.5) is 20.4 Å². The summed E-state index contributed by atoms with van der Waals surface area (Å²) in [6.45, 7) is 4.66. The Morgan fingerprint density at radius 1 is 1.35 bits per heavy atom. The molecule has 1 aromatic rings. The van der Waals surface area contributed by atoms with Crippen LogP contribution in [0.5, 0.6) is 0 Å². The van der Waals surface area contributed by atoms with Crippen molar-refractivity contribution in [1.29, 1.82) is 0 Å². The summed E-state index contributed by atoms with van der Waals surface area (Å²) in [5, 5.41) is 2.67. The van der Waals surface area contributed by atoms with Gasteiger partial charge in [0, 0.05) is 32.2 Å². The summed E-state index contributed by atoms with van der Waals surface area (Å²) in [7, 11) is 3.65. The molecule has 112 valence electrons. The maximum Gasteiger partial charge on any atom is 0.168 e. The lowest BCUT2D eigenvalue weighted by molar-refractivity contribution is 0.327. The van der Waals surface area contributed by atoms with Crippen molar-refractivity contribution < 1.29 is 8.78 Å². The molecular formula is C14H22F2N4. The zero-order valence-electron chi connectivity index (χ0n) is 12.3. The lowest BCUT2D eigenvalue weighted by Gasteiger charge is -2.31. The van der Waals surface area contributed by atoms with E-state index in [0.29, 0.717) is 0 Å². The van der Waals surface area contributed by atoms with Gasteiger partial charge in [-0.2, -0.15) is 0 Å². The Morgan fingerprint density at radius 3 is 2.75 bits per heavy atom. The van der Waals surface area contributed by atoms with Crippen LogP contribution in [0.25, 0.3) is 0 Å². The van der Waals surface area contributed by atoms with Crippen molar-refractivity contribution in [2.75, 3.05) is 43.9 Å². The van der Waals surface area contributed by atoms with Crippen LogP contribution in [0.2, 0.25) is 0 Å². The highest BCUT2D eigenvalue weighted by atomic mass is 19.1. The first kappa shape index (κ1) is 15.0. The van der Waals surface area contributed by atoms with Crippen LogP contribution in [0.1, 0.15) is 19.8 Å². The van der Waals surface area contributed by atoms with Crippen molar-refractivity contribution in [1.82, 2.24) is 9.88 Å². The van der Waals surface area contributed by atoms with Gasteiger partial charge in [-0.15, -0.1) is 0 Å². The first-order chi connectivity index (χ1) is 9.56. The average molecular weight is 284 g/mol. The van der Waals surface area contributed by atoms with Gasteiger partial charge in [0.2, 0.25) is 0 Å². The molecule has 1 fully saturated rings. The zero-order chi connectivity index (χ0) is 14.7. The van der Waals surface area contributed by atoms with E-state index in [1.807, 2.05) is 4.90 Å². The van der Waals surface area contributed by atoms with Crippen molar-refractivity contribution in [2.24, 2.45) is 0 Å². The van der Waals surface area contributed by atoms with E-state index in [-0.39, 0.29) is 17.7 Å². The van der Waals surface area contributed by atoms with Crippen LogP contribution in [0.3, 0.4) is 0 Å². The van der Waals surface area contributed by atoms with Gasteiger partial charge in [0.15, 0.2) is 23.3 Å². The number of likely N-dealkylation sites (N-methyl/N-ethyl adjacent to an activating group) is 1. The van der Waals surface area contributed by atoms with Gasteiger partial charge in [0.05, 0.1) is 0 Å². The third-order valence-corrected chi connectivity index (χ3v) is 3.79. The van der Waals surface area contributed by atoms with Crippen molar-refractivity contribution in [3.8, 4) is 0 Å². The molecule has 1 N–H and O–H groups in total. The van der Waals surface area contributed by atoms with Crippen LogP contribution in [-0.4, -0.2) is 49.7 Å². The summed E-state index contributed by atoms with van der Waals surface area (Å²) in [6, 6.07) is 1.11. The molecule has 1 aliphatic rings. The highest BCUT2D eigenvalue weighted by Gasteiger charge is 2.26. The molecular weight excluding hydrogens is 262 g/mol. The fourth-order valence-corrected chi connectivity index (χ4v) is 2.71. The van der Waals surface area contributed by atoms with Crippen molar-refractivity contribution in [3.05, 3.63) is 17.7 Å². The Labute approximate surface area is 118 Å². The fourth-order valence-electron chi connectivity index (χ4n) is 2.71. The number of aromatic nitrogens is 1. The second-order valence-corrected chi connectivity index (χ2v) is 5.25. The maximum absolute atomic E-state index is 14.1. The molecule has 0 aromatic carbocycles. The quantitative estimate of drug-likeness (QED) is 0.923. The number of rotatable bonds is 3. The third-order valence-electron chi connectivity index (χ3n) is 3.79. The predicted molar refractivity (Wildman–Crippen MR) is 77.2 cm³/mol. The Bertz CT molecular complexity index is 467. The smallest absolute Gasteiger partial charge is 0.168 e. The standard InChI is InChI=1S/C14H22F2N4/c1-4-10-9-19(3)6-5-7-20(10)14-12(16)8-11(15)13(17-2)18-14/h8,10H,4-7,9H2,1-3H3,(H,17,18). The fraction of sp³-hybridized carbons (Fsp3) is 0.643. The molecule has 20 heavy (non-hydrogen) atoms. The minimum atomic E-state index is -0.659. The monoisotopic (exact) mass is 284 g/mol. The molecule has 0 amide bonds. The molecule has 1 aromatic heterocycles. The molecule has 0 saturated carbocycles. The Hall–Kier alpha value is -1.43. The Morgan fingerprint density at radius 2 is 2.10 bits per heavy atom. The van der Waals surface area contributed by atoms with Gasteiger partial charge in [-0.3, -0.25) is 0 Å². The molecule has 1 atom stereocenters. The molecule has 2 heterocycles. The third kappa shape index (κ3) is 3.00. The van der Waals surface area contributed by atoms with Gasteiger partial charge in [-0.25, -0.2) is 13.8 Å². The van der Waals surface area contributed by atoms with E-state index < -0.39 is 11.6 Å². The molecule has 0 spiro atoms. The summed E-state index contributed by atoms with van der Waals surface area (Å²) in [6.07, 6.45) is 1.85. The highest BCUT2D eigenvalue weighted by molar-refractivity contribution is 5.50. The predicted octanol–water partition coefficient (Wildman–Crippen LogP) is 2.32. The first-order valence-corrected chi connectivity index (χ1v) is 7.05. The van der Waals surface area contributed by atoms with Crippen molar-refractivity contribution >= 4 is 11.6 Å². The molecule has 1 unspecified atom stereocenters. The number of hydrogen-bond donors (Lipinski definition) is 1. The van der Waals surface area contributed by atoms with E-state index >= 15 is 0 Å². The van der Waals surface area contributed by atoms with E-state index in [0.717, 1.165) is 38.5 Å². The van der Waals surface area contributed by atoms with E-state index in [1.54, 1.807) is 7.05 Å². The van der Waals surface area contributed by atoms with Gasteiger partial charge in [0.25, 0.3) is 0 Å². The molecule has 1 saturated heterocycles. The zero-order valence-corrected chi connectivity index (χ0v) is 12.3. The molecule has 0 radical (unpaired) electrons. The van der Waals surface area contributed by atoms with Gasteiger partial charge in [0.1, 0.15) is 0 Å². The van der Waals surface area contributed by atoms with Gasteiger partial charge < -0.3 is 15.1 Å². The van der Waals surface area contributed by atoms with Crippen LogP contribution in [0.15, 0.2) is 6.07 Å². The van der Waals surface area contributed by atoms with Gasteiger partial charge in [-0.05, 0) is 26.4 Å². The average Bonchev–Trinajstić information content (AvgIpc) is 2.60. The van der Waals surface area contributed by atoms with E-state index in [9.17, 15) is 8.78 Å². The number of nitrogens with one attached hydrogen (secondary N) is 1. The number of nitrogens with zero attached hydrogens (tertiary/aromatic N) is 3. The highest BCUT2D eigenvalue weighted by Crippen LogP contribution is 2.26. The largest absolute Gasteiger partial charge is 0.371 e. The Kier molecular flexibility index (Phi) is 4.75. The summed E-state index contributed by atoms with van der Waals surface area (Å²) < 4.78 is 27.6. The van der Waals surface area contributed by atoms with Crippen molar-refractivity contribution in [2.45, 2.75) is 25.8 Å². The van der Waals surface area contributed by atoms with E-state index in [2.05, 4.69) is 29.2 Å². The minimum Gasteiger partial charge on any atom is -0.371 e. The van der Waals surface area contributed by atoms with E-state index in [1.165, 1.54) is 0 Å². The van der Waals surface area contributed by atoms with Gasteiger partial charge >= 0.3 is 0 Å². The second kappa shape index (κ2) is 6.35. The van der Waals surface area contributed by atoms with Crippen LogP contribution >= 0.6 is 0 Å². The topological polar surface area (TPSA) is 31.4 Å². The summed E-state index contributed by atoms with van der Waals surface area (Å²) in [5.74, 6) is -0.912. The number of pyridine rings is 1. The lowest BCUT2D eigenvalue weighted by atomic mass is 10.2. The second-order valence-electron chi connectivity index (χ2n) is 5.25.